The average molecular weight is 488 g/mol. The summed E-state index contributed by atoms with van der Waals surface area (Å²) in [6.07, 6.45) is 1.55. The van der Waals surface area contributed by atoms with Crippen LogP contribution in [0.4, 0.5) is 5.82 Å². The lowest BCUT2D eigenvalue weighted by molar-refractivity contribution is 0.0478. The van der Waals surface area contributed by atoms with Crippen LogP contribution in [-0.4, -0.2) is 37.0 Å². The minimum absolute atomic E-state index is 0.0354. The van der Waals surface area contributed by atoms with Gasteiger partial charge in [0.2, 0.25) is 5.78 Å². The summed E-state index contributed by atoms with van der Waals surface area (Å²) in [6, 6.07) is 0. The molecule has 0 spiro atoms. The van der Waals surface area contributed by atoms with E-state index in [1.165, 1.54) is 7.05 Å². The molecule has 1 aliphatic rings. The van der Waals surface area contributed by atoms with E-state index in [2.05, 4.69) is 4.98 Å². The quantitative estimate of drug-likeness (QED) is 0.397. The van der Waals surface area contributed by atoms with Crippen molar-refractivity contribution in [3.63, 3.8) is 0 Å². The van der Waals surface area contributed by atoms with Gasteiger partial charge in [-0.25, -0.2) is 14.6 Å². The van der Waals surface area contributed by atoms with Crippen molar-refractivity contribution in [2.45, 2.75) is 46.7 Å². The summed E-state index contributed by atoms with van der Waals surface area (Å²) in [6.45, 7) is 5.43. The zero-order valence-corrected chi connectivity index (χ0v) is 20.2. The number of fused-ring (bicyclic) bond motifs is 2. The Labute approximate surface area is 197 Å². The summed E-state index contributed by atoms with van der Waals surface area (Å²) in [5.74, 6) is -1.15. The summed E-state index contributed by atoms with van der Waals surface area (Å²) in [7, 11) is 1.26. The van der Waals surface area contributed by atoms with Gasteiger partial charge in [-0.1, -0.05) is 13.8 Å². The Kier molecular flexibility index (Phi) is 6.02. The molecule has 34 heavy (non-hydrogen) atoms. The van der Waals surface area contributed by atoms with Crippen LogP contribution in [0.15, 0.2) is 14.4 Å². The third kappa shape index (κ3) is 3.77. The molecule has 3 aromatic heterocycles. The fourth-order valence-electron chi connectivity index (χ4n) is 4.13. The van der Waals surface area contributed by atoms with E-state index in [1.807, 2.05) is 13.8 Å². The molecule has 0 saturated carbocycles. The van der Waals surface area contributed by atoms with E-state index in [4.69, 9.17) is 10.5 Å². The molecule has 12 heteroatoms. The van der Waals surface area contributed by atoms with Gasteiger partial charge in [-0.15, -0.1) is 11.3 Å². The van der Waals surface area contributed by atoms with E-state index < -0.39 is 35.2 Å². The fourth-order valence-corrected chi connectivity index (χ4v) is 5.21. The SMILES string of the molecule is Cc1c(C(=O)OCC(=O)c2c(N)n(CC(C)C)c(=O)n(C)c2=O)sc2nc3n(c(=O)c12)CCC3. The first-order chi connectivity index (χ1) is 16.0. The molecule has 1 aliphatic heterocycles. The number of ketones is 1. The highest BCUT2D eigenvalue weighted by Crippen LogP contribution is 2.29. The molecule has 4 rings (SSSR count). The van der Waals surface area contributed by atoms with Crippen molar-refractivity contribution in [2.24, 2.45) is 13.0 Å². The summed E-state index contributed by atoms with van der Waals surface area (Å²) in [5, 5.41) is 0.368. The third-order valence-corrected chi connectivity index (χ3v) is 7.01. The summed E-state index contributed by atoms with van der Waals surface area (Å²) in [4.78, 5) is 68.5. The molecule has 11 nitrogen and oxygen atoms in total. The van der Waals surface area contributed by atoms with E-state index in [1.54, 1.807) is 11.5 Å². The van der Waals surface area contributed by atoms with Crippen LogP contribution in [0, 0.1) is 12.8 Å². The van der Waals surface area contributed by atoms with Crippen LogP contribution in [0.25, 0.3) is 10.2 Å². The van der Waals surface area contributed by atoms with Gasteiger partial charge in [-0.05, 0) is 24.8 Å². The number of thiophene rings is 1. The number of esters is 1. The van der Waals surface area contributed by atoms with Gasteiger partial charge in [0, 0.05) is 26.6 Å². The lowest BCUT2D eigenvalue weighted by Gasteiger charge is -2.16. The first-order valence-corrected chi connectivity index (χ1v) is 11.7. The molecular formula is C22H25N5O6S. The van der Waals surface area contributed by atoms with E-state index >= 15 is 0 Å². The average Bonchev–Trinajstić information content (AvgIpc) is 3.38. The number of nitrogen functional groups attached to an aromatic ring is 1. The number of hydrogen-bond donors (Lipinski definition) is 1. The first-order valence-electron chi connectivity index (χ1n) is 10.8. The summed E-state index contributed by atoms with van der Waals surface area (Å²) >= 11 is 1.03. The Morgan fingerprint density at radius 2 is 1.91 bits per heavy atom. The number of hydrogen-bond acceptors (Lipinski definition) is 9. The number of carbonyl (C=O) groups excluding carboxylic acids is 2. The smallest absolute Gasteiger partial charge is 0.349 e. The minimum Gasteiger partial charge on any atom is -0.453 e. The topological polar surface area (TPSA) is 148 Å². The highest BCUT2D eigenvalue weighted by Gasteiger charge is 2.26. The third-order valence-electron chi connectivity index (χ3n) is 5.84. The predicted molar refractivity (Wildman–Crippen MR) is 127 cm³/mol. The number of nitrogens with zero attached hydrogens (tertiary/aromatic N) is 4. The molecule has 0 radical (unpaired) electrons. The van der Waals surface area contributed by atoms with Crippen LogP contribution in [-0.2, 0) is 31.3 Å². The Balaban J connectivity index is 1.62. The van der Waals surface area contributed by atoms with Gasteiger partial charge in [0.1, 0.15) is 26.9 Å². The molecule has 0 aromatic carbocycles. The second kappa shape index (κ2) is 8.67. The summed E-state index contributed by atoms with van der Waals surface area (Å²) < 4.78 is 8.78. The van der Waals surface area contributed by atoms with Crippen LogP contribution in [0.3, 0.4) is 0 Å². The van der Waals surface area contributed by atoms with Crippen LogP contribution < -0.4 is 22.5 Å². The molecule has 0 fully saturated rings. The van der Waals surface area contributed by atoms with Crippen molar-refractivity contribution in [1.29, 1.82) is 0 Å². The second-order valence-electron chi connectivity index (χ2n) is 8.74. The lowest BCUT2D eigenvalue weighted by Crippen LogP contribution is -2.43. The molecule has 0 aliphatic carbocycles. The van der Waals surface area contributed by atoms with Gasteiger partial charge in [-0.3, -0.25) is 28.1 Å². The van der Waals surface area contributed by atoms with E-state index in [-0.39, 0.29) is 28.7 Å². The molecule has 0 unspecified atom stereocenters. The normalized spacial score (nSPS) is 13.0. The number of nitrogens with two attached hydrogens (primary N) is 1. The largest absolute Gasteiger partial charge is 0.453 e. The molecule has 4 heterocycles. The van der Waals surface area contributed by atoms with Crippen LogP contribution >= 0.6 is 11.3 Å². The maximum Gasteiger partial charge on any atom is 0.349 e. The number of Topliss-reactive ketones (excluding diaryl/α,β-unsaturated/α-hetero) is 1. The number of rotatable bonds is 6. The number of aromatic nitrogens is 4. The molecule has 0 atom stereocenters. The molecule has 180 valence electrons. The van der Waals surface area contributed by atoms with Crippen LogP contribution in [0.2, 0.25) is 0 Å². The maximum absolute atomic E-state index is 12.8. The van der Waals surface area contributed by atoms with Crippen molar-refractivity contribution >= 4 is 39.1 Å². The molecule has 0 bridgehead atoms. The van der Waals surface area contributed by atoms with Gasteiger partial charge in [0.15, 0.2) is 6.61 Å². The predicted octanol–water partition coefficient (Wildman–Crippen LogP) is 0.851. The molecular weight excluding hydrogens is 462 g/mol. The van der Waals surface area contributed by atoms with E-state index in [0.29, 0.717) is 34.6 Å². The monoisotopic (exact) mass is 487 g/mol. The zero-order valence-electron chi connectivity index (χ0n) is 19.3. The Morgan fingerprint density at radius 1 is 1.21 bits per heavy atom. The van der Waals surface area contributed by atoms with Gasteiger partial charge >= 0.3 is 11.7 Å². The Morgan fingerprint density at radius 3 is 2.59 bits per heavy atom. The van der Waals surface area contributed by atoms with Gasteiger partial charge in [0.05, 0.1) is 5.39 Å². The van der Waals surface area contributed by atoms with Crippen molar-refractivity contribution in [1.82, 2.24) is 18.7 Å². The fraction of sp³-hybridized carbons (Fsp3) is 0.455. The highest BCUT2D eigenvalue weighted by atomic mass is 32.1. The van der Waals surface area contributed by atoms with E-state index in [0.717, 1.165) is 26.9 Å². The molecule has 3 aromatic rings. The number of aryl methyl sites for hydroxylation is 2. The van der Waals surface area contributed by atoms with Crippen molar-refractivity contribution in [3.05, 3.63) is 53.0 Å². The summed E-state index contributed by atoms with van der Waals surface area (Å²) in [5.41, 5.74) is 4.37. The van der Waals surface area contributed by atoms with Crippen molar-refractivity contribution in [3.8, 4) is 0 Å². The van der Waals surface area contributed by atoms with Crippen LogP contribution in [0.5, 0.6) is 0 Å². The maximum atomic E-state index is 12.8. The number of anilines is 1. The standard InChI is InChI=1S/C22H25N5O6S/c1-10(2)8-27-17(23)15(19(29)25(4)22(27)32)12(28)9-33-21(31)16-11(3)14-18(34-16)24-13-6-5-7-26(13)20(14)30/h10H,5-9,23H2,1-4H3. The molecule has 0 amide bonds. The molecule has 0 saturated heterocycles. The minimum atomic E-state index is -0.853. The van der Waals surface area contributed by atoms with Gasteiger partial charge in [-0.2, -0.15) is 0 Å². The first kappa shape index (κ1) is 23.6. The zero-order chi connectivity index (χ0) is 24.9. The van der Waals surface area contributed by atoms with E-state index in [9.17, 15) is 24.0 Å². The van der Waals surface area contributed by atoms with Gasteiger partial charge in [0.25, 0.3) is 11.1 Å². The van der Waals surface area contributed by atoms with Gasteiger partial charge < -0.3 is 10.5 Å². The highest BCUT2D eigenvalue weighted by molar-refractivity contribution is 7.20. The lowest BCUT2D eigenvalue weighted by atomic mass is 10.1. The number of ether oxygens (including phenoxy) is 1. The molecule has 2 N–H and O–H groups in total. The van der Waals surface area contributed by atoms with Crippen molar-refractivity contribution < 1.29 is 14.3 Å². The number of carbonyl (C=O) groups is 2. The second-order valence-corrected chi connectivity index (χ2v) is 9.73. The van der Waals surface area contributed by atoms with Crippen LogP contribution in [0.1, 0.15) is 51.7 Å². The van der Waals surface area contributed by atoms with Crippen molar-refractivity contribution in [2.75, 3.05) is 12.3 Å². The Hall–Kier alpha value is -3.54. The Bertz CT molecular complexity index is 1520.